The van der Waals surface area contributed by atoms with Gasteiger partial charge >= 0.3 is 0 Å². The second-order valence-electron chi connectivity index (χ2n) is 4.52. The number of nitrogens with zero attached hydrogens (tertiary/aromatic N) is 2. The van der Waals surface area contributed by atoms with Gasteiger partial charge in [0.2, 0.25) is 0 Å². The number of anilines is 1. The van der Waals surface area contributed by atoms with E-state index in [0.29, 0.717) is 28.1 Å². The van der Waals surface area contributed by atoms with E-state index in [9.17, 15) is 8.42 Å². The number of para-hydroxylation sites is 1. The van der Waals surface area contributed by atoms with Crippen LogP contribution in [0.25, 0.3) is 22.4 Å². The van der Waals surface area contributed by atoms with Crippen molar-refractivity contribution >= 4 is 26.6 Å². The number of aromatic nitrogens is 3. The summed E-state index contributed by atoms with van der Waals surface area (Å²) in [6.45, 7) is 0. The van der Waals surface area contributed by atoms with Gasteiger partial charge in [-0.25, -0.2) is 13.4 Å². The van der Waals surface area contributed by atoms with Crippen molar-refractivity contribution in [2.75, 3.05) is 12.0 Å². The number of aromatic amines is 1. The van der Waals surface area contributed by atoms with Crippen molar-refractivity contribution < 1.29 is 8.42 Å². The number of hydrogen-bond donors (Lipinski definition) is 2. The number of nitrogens with two attached hydrogens (primary N) is 1. The van der Waals surface area contributed by atoms with E-state index < -0.39 is 9.84 Å². The minimum Gasteiger partial charge on any atom is -0.397 e. The van der Waals surface area contributed by atoms with Gasteiger partial charge in [0.05, 0.1) is 16.1 Å². The Morgan fingerprint density at radius 1 is 1.25 bits per heavy atom. The van der Waals surface area contributed by atoms with Crippen LogP contribution in [-0.4, -0.2) is 29.6 Å². The van der Waals surface area contributed by atoms with Crippen LogP contribution in [0.4, 0.5) is 5.69 Å². The topological polar surface area (TPSA) is 102 Å². The van der Waals surface area contributed by atoms with E-state index in [1.54, 1.807) is 30.5 Å². The first kappa shape index (κ1) is 12.6. The molecule has 0 aliphatic heterocycles. The molecule has 0 atom stereocenters. The number of benzene rings is 1. The lowest BCUT2D eigenvalue weighted by Crippen LogP contribution is -1.97. The highest BCUT2D eigenvalue weighted by molar-refractivity contribution is 7.91. The molecule has 0 radical (unpaired) electrons. The van der Waals surface area contributed by atoms with Gasteiger partial charge in [-0.1, -0.05) is 6.07 Å². The summed E-state index contributed by atoms with van der Waals surface area (Å²) in [7, 11) is -3.33. The number of hydrogen-bond acceptors (Lipinski definition) is 5. The zero-order chi connectivity index (χ0) is 14.3. The number of H-pyrrole nitrogens is 1. The standard InChI is InChI=1S/C13H12N4O2S/c1-20(18,19)11-4-2-3-10-12(11)17-13(16-10)8-5-9(14)7-15-6-8/h2-7H,14H2,1H3,(H,16,17). The fraction of sp³-hybridized carbons (Fsp3) is 0.0769. The van der Waals surface area contributed by atoms with E-state index in [2.05, 4.69) is 15.0 Å². The van der Waals surface area contributed by atoms with Gasteiger partial charge in [0.25, 0.3) is 0 Å². The van der Waals surface area contributed by atoms with Crippen molar-refractivity contribution in [3.05, 3.63) is 36.7 Å². The van der Waals surface area contributed by atoms with Crippen molar-refractivity contribution in [3.63, 3.8) is 0 Å². The molecule has 0 aliphatic rings. The van der Waals surface area contributed by atoms with E-state index in [-0.39, 0.29) is 4.90 Å². The van der Waals surface area contributed by atoms with E-state index in [1.165, 1.54) is 6.20 Å². The second-order valence-corrected chi connectivity index (χ2v) is 6.50. The zero-order valence-electron chi connectivity index (χ0n) is 10.7. The third kappa shape index (κ3) is 2.12. The molecule has 3 aromatic rings. The SMILES string of the molecule is CS(=O)(=O)c1cccc2[nH]c(-c3cncc(N)c3)nc12. The molecular weight excluding hydrogens is 276 g/mol. The molecule has 0 spiro atoms. The Morgan fingerprint density at radius 2 is 2.05 bits per heavy atom. The van der Waals surface area contributed by atoms with Crippen molar-refractivity contribution in [1.82, 2.24) is 15.0 Å². The molecule has 20 heavy (non-hydrogen) atoms. The molecular formula is C13H12N4O2S. The van der Waals surface area contributed by atoms with Crippen LogP contribution in [0.2, 0.25) is 0 Å². The van der Waals surface area contributed by atoms with Gasteiger partial charge in [-0.2, -0.15) is 0 Å². The highest BCUT2D eigenvalue weighted by Gasteiger charge is 2.15. The zero-order valence-corrected chi connectivity index (χ0v) is 11.5. The number of nitrogen functional groups attached to an aromatic ring is 1. The highest BCUT2D eigenvalue weighted by Crippen LogP contribution is 2.25. The molecule has 2 heterocycles. The quantitative estimate of drug-likeness (QED) is 0.746. The van der Waals surface area contributed by atoms with Crippen molar-refractivity contribution in [1.29, 1.82) is 0 Å². The number of rotatable bonds is 2. The average Bonchev–Trinajstić information content (AvgIpc) is 2.81. The smallest absolute Gasteiger partial charge is 0.177 e. The van der Waals surface area contributed by atoms with E-state index >= 15 is 0 Å². The average molecular weight is 288 g/mol. The summed E-state index contributed by atoms with van der Waals surface area (Å²) in [4.78, 5) is 11.6. The molecule has 0 bridgehead atoms. The summed E-state index contributed by atoms with van der Waals surface area (Å²) < 4.78 is 23.5. The Labute approximate surface area is 115 Å². The molecule has 3 rings (SSSR count). The van der Waals surface area contributed by atoms with Gasteiger partial charge in [0.1, 0.15) is 11.3 Å². The molecule has 7 heteroatoms. The van der Waals surface area contributed by atoms with Crippen LogP contribution in [-0.2, 0) is 9.84 Å². The monoisotopic (exact) mass is 288 g/mol. The maximum absolute atomic E-state index is 11.8. The third-order valence-corrected chi connectivity index (χ3v) is 4.04. The van der Waals surface area contributed by atoms with E-state index in [4.69, 9.17) is 5.73 Å². The summed E-state index contributed by atoms with van der Waals surface area (Å²) in [5, 5.41) is 0. The minimum absolute atomic E-state index is 0.203. The summed E-state index contributed by atoms with van der Waals surface area (Å²) in [6, 6.07) is 6.73. The lowest BCUT2D eigenvalue weighted by Gasteiger charge is -1.98. The highest BCUT2D eigenvalue weighted by atomic mass is 32.2. The predicted octanol–water partition coefficient (Wildman–Crippen LogP) is 1.61. The largest absolute Gasteiger partial charge is 0.397 e. The molecule has 3 N–H and O–H groups in total. The Hall–Kier alpha value is -2.41. The van der Waals surface area contributed by atoms with Crippen LogP contribution in [0.5, 0.6) is 0 Å². The molecule has 6 nitrogen and oxygen atoms in total. The van der Waals surface area contributed by atoms with Crippen LogP contribution in [0.1, 0.15) is 0 Å². The fourth-order valence-electron chi connectivity index (χ4n) is 2.03. The normalized spacial score (nSPS) is 11.8. The van der Waals surface area contributed by atoms with Crippen LogP contribution >= 0.6 is 0 Å². The first-order valence-electron chi connectivity index (χ1n) is 5.85. The fourth-order valence-corrected chi connectivity index (χ4v) is 2.86. The summed E-state index contributed by atoms with van der Waals surface area (Å²) >= 11 is 0. The van der Waals surface area contributed by atoms with E-state index in [1.807, 2.05) is 0 Å². The number of pyridine rings is 1. The van der Waals surface area contributed by atoms with Gasteiger partial charge in [-0.3, -0.25) is 4.98 Å². The van der Waals surface area contributed by atoms with Crippen molar-refractivity contribution in [2.45, 2.75) is 4.90 Å². The maximum atomic E-state index is 11.8. The van der Waals surface area contributed by atoms with Crippen LogP contribution in [0.15, 0.2) is 41.6 Å². The Kier molecular flexibility index (Phi) is 2.72. The van der Waals surface area contributed by atoms with Crippen molar-refractivity contribution in [3.8, 4) is 11.4 Å². The molecule has 0 saturated heterocycles. The number of nitrogens with one attached hydrogen (secondary N) is 1. The molecule has 0 fully saturated rings. The van der Waals surface area contributed by atoms with Gasteiger partial charge < -0.3 is 10.7 Å². The molecule has 0 unspecified atom stereocenters. The van der Waals surface area contributed by atoms with Gasteiger partial charge in [-0.15, -0.1) is 0 Å². The molecule has 0 saturated carbocycles. The van der Waals surface area contributed by atoms with Gasteiger partial charge in [0, 0.05) is 24.2 Å². The van der Waals surface area contributed by atoms with Crippen LogP contribution in [0.3, 0.4) is 0 Å². The van der Waals surface area contributed by atoms with Crippen LogP contribution < -0.4 is 5.73 Å². The lowest BCUT2D eigenvalue weighted by molar-refractivity contribution is 0.602. The first-order valence-corrected chi connectivity index (χ1v) is 7.74. The number of imidazole rings is 1. The Bertz CT molecular complexity index is 900. The van der Waals surface area contributed by atoms with Gasteiger partial charge in [-0.05, 0) is 18.2 Å². The van der Waals surface area contributed by atoms with Crippen LogP contribution in [0, 0.1) is 0 Å². The number of sulfone groups is 1. The number of fused-ring (bicyclic) bond motifs is 1. The van der Waals surface area contributed by atoms with E-state index in [0.717, 1.165) is 6.26 Å². The molecule has 0 aliphatic carbocycles. The summed E-state index contributed by atoms with van der Waals surface area (Å²) in [6.07, 6.45) is 4.32. The maximum Gasteiger partial charge on any atom is 0.177 e. The molecule has 1 aromatic carbocycles. The molecule has 102 valence electrons. The Balaban J connectivity index is 2.26. The third-order valence-electron chi connectivity index (χ3n) is 2.91. The lowest BCUT2D eigenvalue weighted by atomic mass is 10.2. The summed E-state index contributed by atoms with van der Waals surface area (Å²) in [5.74, 6) is 0.538. The first-order chi connectivity index (χ1) is 9.45. The Morgan fingerprint density at radius 3 is 2.75 bits per heavy atom. The van der Waals surface area contributed by atoms with Crippen molar-refractivity contribution in [2.24, 2.45) is 0 Å². The molecule has 0 amide bonds. The minimum atomic E-state index is -3.33. The van der Waals surface area contributed by atoms with Gasteiger partial charge in [0.15, 0.2) is 9.84 Å². The predicted molar refractivity (Wildman–Crippen MR) is 76.8 cm³/mol. The second kappa shape index (κ2) is 4.31. The molecule has 2 aromatic heterocycles. The summed E-state index contributed by atoms with van der Waals surface area (Å²) in [5.41, 5.74) is 8.00.